The van der Waals surface area contributed by atoms with Crippen molar-refractivity contribution in [2.24, 2.45) is 0 Å². The summed E-state index contributed by atoms with van der Waals surface area (Å²) in [6.45, 7) is 0. The minimum absolute atomic E-state index is 0.130. The first-order chi connectivity index (χ1) is 10.1. The van der Waals surface area contributed by atoms with Crippen LogP contribution in [0.4, 0.5) is 9.39 Å². The molecule has 0 spiro atoms. The van der Waals surface area contributed by atoms with Crippen molar-refractivity contribution in [1.82, 2.24) is 0 Å². The number of carbonyl (C=O) groups is 1. The monoisotopic (exact) mass is 364 g/mol. The highest BCUT2D eigenvalue weighted by molar-refractivity contribution is 9.10. The third-order valence-electron chi connectivity index (χ3n) is 3.46. The van der Waals surface area contributed by atoms with Gasteiger partial charge in [-0.1, -0.05) is 6.07 Å². The zero-order valence-electron chi connectivity index (χ0n) is 10.9. The quantitative estimate of drug-likeness (QED) is 0.865. The molecule has 0 fully saturated rings. The van der Waals surface area contributed by atoms with E-state index in [2.05, 4.69) is 27.3 Å². The van der Waals surface area contributed by atoms with Crippen molar-refractivity contribution >= 4 is 38.2 Å². The molecule has 0 radical (unpaired) electrons. The lowest BCUT2D eigenvalue weighted by Crippen LogP contribution is -2.13. The molecule has 3 rings (SSSR count). The molecule has 106 valence electrons. The van der Waals surface area contributed by atoms with Gasteiger partial charge in [0.1, 0.15) is 16.9 Å². The number of benzene rings is 1. The summed E-state index contributed by atoms with van der Waals surface area (Å²) in [6, 6.07) is 6.47. The van der Waals surface area contributed by atoms with Crippen molar-refractivity contribution in [3.05, 3.63) is 50.1 Å². The molecule has 6 heteroatoms. The second kappa shape index (κ2) is 5.58. The number of fused-ring (bicyclic) bond motifs is 1. The first kappa shape index (κ1) is 14.2. The van der Waals surface area contributed by atoms with E-state index in [4.69, 9.17) is 0 Å². The SMILES string of the molecule is N#Cc1c(NC(=O)c2cccc(F)c2Br)sc2c1CCC2. The van der Waals surface area contributed by atoms with Crippen LogP contribution in [0.25, 0.3) is 0 Å². The van der Waals surface area contributed by atoms with Crippen molar-refractivity contribution in [2.75, 3.05) is 5.32 Å². The Hall–Kier alpha value is -1.71. The first-order valence-corrected chi connectivity index (χ1v) is 8.02. The second-order valence-electron chi connectivity index (χ2n) is 4.73. The van der Waals surface area contributed by atoms with Gasteiger partial charge in [-0.25, -0.2) is 4.39 Å². The summed E-state index contributed by atoms with van der Waals surface area (Å²) >= 11 is 4.52. The van der Waals surface area contributed by atoms with Gasteiger partial charge >= 0.3 is 0 Å². The maximum atomic E-state index is 13.5. The van der Waals surface area contributed by atoms with Crippen LogP contribution in [0.5, 0.6) is 0 Å². The van der Waals surface area contributed by atoms with Crippen LogP contribution < -0.4 is 5.32 Å². The minimum atomic E-state index is -0.489. The van der Waals surface area contributed by atoms with Gasteiger partial charge in [0, 0.05) is 4.88 Å². The number of aryl methyl sites for hydroxylation is 1. The number of anilines is 1. The van der Waals surface area contributed by atoms with Gasteiger partial charge in [-0.2, -0.15) is 5.26 Å². The van der Waals surface area contributed by atoms with Crippen LogP contribution >= 0.6 is 27.3 Å². The molecule has 2 aromatic rings. The molecular formula is C15H10BrFN2OS. The zero-order chi connectivity index (χ0) is 15.0. The largest absolute Gasteiger partial charge is 0.312 e. The number of nitriles is 1. The lowest BCUT2D eigenvalue weighted by molar-refractivity contribution is 0.102. The van der Waals surface area contributed by atoms with Crippen LogP contribution in [0, 0.1) is 17.1 Å². The van der Waals surface area contributed by atoms with E-state index in [1.807, 2.05) is 0 Å². The Labute approximate surface area is 133 Å². The molecular weight excluding hydrogens is 355 g/mol. The van der Waals surface area contributed by atoms with E-state index in [0.29, 0.717) is 10.6 Å². The van der Waals surface area contributed by atoms with E-state index < -0.39 is 11.7 Å². The van der Waals surface area contributed by atoms with E-state index in [1.54, 1.807) is 0 Å². The highest BCUT2D eigenvalue weighted by atomic mass is 79.9. The Balaban J connectivity index is 1.93. The molecule has 1 N–H and O–H groups in total. The molecule has 1 aromatic heterocycles. The number of hydrogen-bond acceptors (Lipinski definition) is 3. The standard InChI is InChI=1S/C15H10BrFN2OS/c16-13-9(4-1-5-11(13)17)14(20)19-15-10(7-18)8-3-2-6-12(8)21-15/h1,4-5H,2-3,6H2,(H,19,20). The molecule has 1 heterocycles. The topological polar surface area (TPSA) is 52.9 Å². The van der Waals surface area contributed by atoms with Crippen molar-refractivity contribution in [3.8, 4) is 6.07 Å². The second-order valence-corrected chi connectivity index (χ2v) is 6.63. The van der Waals surface area contributed by atoms with Crippen LogP contribution in [0.15, 0.2) is 22.7 Å². The van der Waals surface area contributed by atoms with Gasteiger partial charge < -0.3 is 5.32 Å². The van der Waals surface area contributed by atoms with Crippen molar-refractivity contribution in [1.29, 1.82) is 5.26 Å². The first-order valence-electron chi connectivity index (χ1n) is 6.42. The zero-order valence-corrected chi connectivity index (χ0v) is 13.3. The van der Waals surface area contributed by atoms with Crippen LogP contribution in [-0.2, 0) is 12.8 Å². The Morgan fingerprint density at radius 3 is 3.00 bits per heavy atom. The molecule has 1 amide bonds. The smallest absolute Gasteiger partial charge is 0.257 e. The van der Waals surface area contributed by atoms with E-state index in [1.165, 1.54) is 34.4 Å². The third kappa shape index (κ3) is 2.47. The highest BCUT2D eigenvalue weighted by Crippen LogP contribution is 2.38. The number of rotatable bonds is 2. The summed E-state index contributed by atoms with van der Waals surface area (Å²) in [5.41, 5.74) is 1.82. The molecule has 21 heavy (non-hydrogen) atoms. The number of nitrogens with one attached hydrogen (secondary N) is 1. The van der Waals surface area contributed by atoms with E-state index in [0.717, 1.165) is 24.8 Å². The normalized spacial score (nSPS) is 12.8. The summed E-state index contributed by atoms with van der Waals surface area (Å²) in [6.07, 6.45) is 2.89. The highest BCUT2D eigenvalue weighted by Gasteiger charge is 2.24. The van der Waals surface area contributed by atoms with Gasteiger partial charge in [0.05, 0.1) is 15.6 Å². The summed E-state index contributed by atoms with van der Waals surface area (Å²) in [7, 11) is 0. The number of halogens is 2. The van der Waals surface area contributed by atoms with Gasteiger partial charge in [-0.3, -0.25) is 4.79 Å². The Morgan fingerprint density at radius 1 is 1.43 bits per heavy atom. The Bertz CT molecular complexity index is 779. The predicted octanol–water partition coefficient (Wildman–Crippen LogP) is 4.26. The number of thiophene rings is 1. The molecule has 0 atom stereocenters. The lowest BCUT2D eigenvalue weighted by atomic mass is 10.1. The molecule has 3 nitrogen and oxygen atoms in total. The number of carbonyl (C=O) groups excluding carboxylic acids is 1. The fraction of sp³-hybridized carbons (Fsp3) is 0.200. The lowest BCUT2D eigenvalue weighted by Gasteiger charge is -2.06. The van der Waals surface area contributed by atoms with Crippen LogP contribution in [0.3, 0.4) is 0 Å². The van der Waals surface area contributed by atoms with Crippen LogP contribution in [-0.4, -0.2) is 5.91 Å². The van der Waals surface area contributed by atoms with Gasteiger partial charge in [-0.05, 0) is 52.9 Å². The molecule has 0 bridgehead atoms. The van der Waals surface area contributed by atoms with Crippen LogP contribution in [0.1, 0.15) is 32.8 Å². The van der Waals surface area contributed by atoms with Gasteiger partial charge in [0.2, 0.25) is 0 Å². The van der Waals surface area contributed by atoms with Crippen molar-refractivity contribution in [2.45, 2.75) is 19.3 Å². The van der Waals surface area contributed by atoms with Crippen molar-refractivity contribution in [3.63, 3.8) is 0 Å². The number of hydrogen-bond donors (Lipinski definition) is 1. The molecule has 1 aliphatic carbocycles. The molecule has 1 aliphatic rings. The molecule has 0 saturated heterocycles. The van der Waals surface area contributed by atoms with E-state index in [9.17, 15) is 14.4 Å². The summed E-state index contributed by atoms with van der Waals surface area (Å²) in [5, 5.41) is 12.6. The fourth-order valence-corrected chi connectivity index (χ4v) is 4.14. The minimum Gasteiger partial charge on any atom is -0.312 e. The maximum Gasteiger partial charge on any atom is 0.257 e. The number of amides is 1. The molecule has 0 saturated carbocycles. The number of nitrogens with zero attached hydrogens (tertiary/aromatic N) is 1. The Kier molecular flexibility index (Phi) is 3.79. The third-order valence-corrected chi connectivity index (χ3v) is 5.47. The van der Waals surface area contributed by atoms with E-state index >= 15 is 0 Å². The van der Waals surface area contributed by atoms with Gasteiger partial charge in [-0.15, -0.1) is 11.3 Å². The Morgan fingerprint density at radius 2 is 2.24 bits per heavy atom. The molecule has 1 aromatic carbocycles. The molecule has 0 aliphatic heterocycles. The van der Waals surface area contributed by atoms with Gasteiger partial charge in [0.15, 0.2) is 0 Å². The van der Waals surface area contributed by atoms with Crippen LogP contribution in [0.2, 0.25) is 0 Å². The average molecular weight is 365 g/mol. The summed E-state index contributed by atoms with van der Waals surface area (Å²) in [5.74, 6) is -0.908. The van der Waals surface area contributed by atoms with Gasteiger partial charge in [0.25, 0.3) is 5.91 Å². The van der Waals surface area contributed by atoms with E-state index in [-0.39, 0.29) is 10.0 Å². The maximum absolute atomic E-state index is 13.5. The summed E-state index contributed by atoms with van der Waals surface area (Å²) < 4.78 is 13.6. The predicted molar refractivity (Wildman–Crippen MR) is 83.1 cm³/mol. The summed E-state index contributed by atoms with van der Waals surface area (Å²) in [4.78, 5) is 13.4. The molecule has 0 unspecified atom stereocenters. The van der Waals surface area contributed by atoms with Crippen molar-refractivity contribution < 1.29 is 9.18 Å². The fourth-order valence-electron chi connectivity index (χ4n) is 2.46. The average Bonchev–Trinajstić information content (AvgIpc) is 3.02.